The van der Waals surface area contributed by atoms with Crippen LogP contribution in [0.25, 0.3) is 0 Å². The van der Waals surface area contributed by atoms with Gasteiger partial charge < -0.3 is 14.4 Å². The third-order valence-corrected chi connectivity index (χ3v) is 2.93. The van der Waals surface area contributed by atoms with Gasteiger partial charge in [0.2, 0.25) is 0 Å². The summed E-state index contributed by atoms with van der Waals surface area (Å²) < 4.78 is 9.87. The van der Waals surface area contributed by atoms with Crippen molar-refractivity contribution < 1.29 is 19.1 Å². The van der Waals surface area contributed by atoms with E-state index in [1.807, 2.05) is 13.0 Å². The number of hydrogen-bond acceptors (Lipinski definition) is 6. The van der Waals surface area contributed by atoms with E-state index in [0.717, 1.165) is 5.56 Å². The minimum Gasteiger partial charge on any atom is -0.465 e. The average molecular weight is 304 g/mol. The van der Waals surface area contributed by atoms with E-state index in [1.165, 1.54) is 0 Å². The number of rotatable bonds is 7. The lowest BCUT2D eigenvalue weighted by molar-refractivity contribution is -0.142. The van der Waals surface area contributed by atoms with Crippen LogP contribution in [0.1, 0.15) is 25.0 Å². The fourth-order valence-corrected chi connectivity index (χ4v) is 1.97. The Morgan fingerprint density at radius 1 is 1.14 bits per heavy atom. The molecule has 0 N–H and O–H groups in total. The summed E-state index contributed by atoms with van der Waals surface area (Å²) in [5.74, 6) is -0.873. The number of anilines is 1. The fourth-order valence-electron chi connectivity index (χ4n) is 1.97. The van der Waals surface area contributed by atoms with Crippen LogP contribution in [0.15, 0.2) is 18.2 Å². The predicted octanol–water partition coefficient (Wildman–Crippen LogP) is 1.80. The summed E-state index contributed by atoms with van der Waals surface area (Å²) in [6.07, 6.45) is 0. The van der Waals surface area contributed by atoms with Gasteiger partial charge in [-0.25, -0.2) is 0 Å². The maximum Gasteiger partial charge on any atom is 0.325 e. The molecule has 0 saturated heterocycles. The van der Waals surface area contributed by atoms with E-state index in [2.05, 4.69) is 0 Å². The van der Waals surface area contributed by atoms with Gasteiger partial charge in [0.15, 0.2) is 0 Å². The van der Waals surface area contributed by atoms with Crippen LogP contribution in [0.2, 0.25) is 0 Å². The van der Waals surface area contributed by atoms with Gasteiger partial charge in [-0.3, -0.25) is 9.59 Å². The number of aryl methyl sites for hydroxylation is 1. The summed E-state index contributed by atoms with van der Waals surface area (Å²) in [5, 5.41) is 9.02. The predicted molar refractivity (Wildman–Crippen MR) is 81.4 cm³/mol. The minimum absolute atomic E-state index is 0.0810. The molecular weight excluding hydrogens is 284 g/mol. The van der Waals surface area contributed by atoms with E-state index in [-0.39, 0.29) is 26.3 Å². The maximum absolute atomic E-state index is 11.8. The molecule has 0 spiro atoms. The molecule has 0 atom stereocenters. The minimum atomic E-state index is -0.437. The Labute approximate surface area is 130 Å². The molecule has 0 heterocycles. The Morgan fingerprint density at radius 2 is 1.68 bits per heavy atom. The highest BCUT2D eigenvalue weighted by Crippen LogP contribution is 2.21. The Kier molecular flexibility index (Phi) is 6.90. The Bertz CT molecular complexity index is 558. The lowest BCUT2D eigenvalue weighted by Gasteiger charge is -2.24. The van der Waals surface area contributed by atoms with Crippen molar-refractivity contribution in [1.29, 1.82) is 5.26 Å². The molecule has 6 nitrogen and oxygen atoms in total. The summed E-state index contributed by atoms with van der Waals surface area (Å²) in [6, 6.07) is 7.16. The summed E-state index contributed by atoms with van der Waals surface area (Å²) in [5.41, 5.74) is 1.95. The van der Waals surface area contributed by atoms with Crippen molar-refractivity contribution in [2.75, 3.05) is 31.2 Å². The molecule has 0 aromatic heterocycles. The molecule has 0 fully saturated rings. The molecule has 0 aliphatic rings. The molecule has 1 rings (SSSR count). The van der Waals surface area contributed by atoms with E-state index in [4.69, 9.17) is 14.7 Å². The average Bonchev–Trinajstić information content (AvgIpc) is 2.47. The molecule has 0 saturated carbocycles. The van der Waals surface area contributed by atoms with E-state index >= 15 is 0 Å². The highest BCUT2D eigenvalue weighted by atomic mass is 16.5. The second-order valence-electron chi connectivity index (χ2n) is 4.58. The number of hydrogen-bond donors (Lipinski definition) is 0. The van der Waals surface area contributed by atoms with Crippen LogP contribution in [0, 0.1) is 18.3 Å². The third kappa shape index (κ3) is 5.09. The quantitative estimate of drug-likeness (QED) is 0.715. The highest BCUT2D eigenvalue weighted by Gasteiger charge is 2.18. The topological polar surface area (TPSA) is 79.6 Å². The molecule has 1 aromatic carbocycles. The van der Waals surface area contributed by atoms with Crippen molar-refractivity contribution >= 4 is 17.6 Å². The SMILES string of the molecule is CCOC(=O)CN(CC(=O)OCC)c1cc(C#N)ccc1C. The number of carbonyl (C=O) groups excluding carboxylic acids is 2. The van der Waals surface area contributed by atoms with Gasteiger partial charge in [-0.05, 0) is 38.5 Å². The van der Waals surface area contributed by atoms with Crippen LogP contribution in [-0.2, 0) is 19.1 Å². The fraction of sp³-hybridized carbons (Fsp3) is 0.438. The molecule has 6 heteroatoms. The van der Waals surface area contributed by atoms with E-state index < -0.39 is 11.9 Å². The van der Waals surface area contributed by atoms with Crippen LogP contribution in [0.4, 0.5) is 5.69 Å². The normalized spacial score (nSPS) is 9.73. The van der Waals surface area contributed by atoms with Crippen LogP contribution in [0.5, 0.6) is 0 Å². The largest absolute Gasteiger partial charge is 0.465 e. The summed E-state index contributed by atoms with van der Waals surface area (Å²) in [4.78, 5) is 25.1. The second-order valence-corrected chi connectivity index (χ2v) is 4.58. The lowest BCUT2D eigenvalue weighted by Crippen LogP contribution is -2.36. The number of esters is 2. The van der Waals surface area contributed by atoms with Crippen molar-refractivity contribution in [3.63, 3.8) is 0 Å². The first kappa shape index (κ1) is 17.5. The number of ether oxygens (including phenoxy) is 2. The number of nitrogens with zero attached hydrogens (tertiary/aromatic N) is 2. The molecule has 0 aliphatic heterocycles. The molecule has 0 bridgehead atoms. The number of carbonyl (C=O) groups is 2. The van der Waals surface area contributed by atoms with Gasteiger partial charge in [0, 0.05) is 5.69 Å². The molecule has 0 aliphatic carbocycles. The van der Waals surface area contributed by atoms with Crippen LogP contribution < -0.4 is 4.90 Å². The van der Waals surface area contributed by atoms with Gasteiger partial charge in [0.05, 0.1) is 24.8 Å². The van der Waals surface area contributed by atoms with Gasteiger partial charge in [-0.15, -0.1) is 0 Å². The van der Waals surface area contributed by atoms with Crippen LogP contribution >= 0.6 is 0 Å². The lowest BCUT2D eigenvalue weighted by atomic mass is 10.1. The number of nitriles is 1. The molecule has 0 radical (unpaired) electrons. The first-order chi connectivity index (χ1) is 10.5. The maximum atomic E-state index is 11.8. The van der Waals surface area contributed by atoms with Gasteiger partial charge in [0.25, 0.3) is 0 Å². The molecular formula is C16H20N2O4. The van der Waals surface area contributed by atoms with Gasteiger partial charge in [0.1, 0.15) is 13.1 Å². The first-order valence-electron chi connectivity index (χ1n) is 7.08. The van der Waals surface area contributed by atoms with Crippen molar-refractivity contribution in [2.45, 2.75) is 20.8 Å². The standard InChI is InChI=1S/C16H20N2O4/c1-4-21-15(19)10-18(11-16(20)22-5-2)14-8-13(9-17)7-6-12(14)3/h6-8H,4-5,10-11H2,1-3H3. The van der Waals surface area contributed by atoms with Crippen LogP contribution in [-0.4, -0.2) is 38.2 Å². The Morgan fingerprint density at radius 3 is 2.14 bits per heavy atom. The summed E-state index contributed by atoms with van der Waals surface area (Å²) in [7, 11) is 0. The van der Waals surface area contributed by atoms with Crippen molar-refractivity contribution in [3.05, 3.63) is 29.3 Å². The Balaban J connectivity index is 3.05. The van der Waals surface area contributed by atoms with Gasteiger partial charge >= 0.3 is 11.9 Å². The zero-order valence-corrected chi connectivity index (χ0v) is 13.1. The summed E-state index contributed by atoms with van der Waals surface area (Å²) in [6.45, 7) is 5.65. The van der Waals surface area contributed by atoms with Gasteiger partial charge in [-0.2, -0.15) is 5.26 Å². The first-order valence-corrected chi connectivity index (χ1v) is 7.08. The monoisotopic (exact) mass is 304 g/mol. The van der Waals surface area contributed by atoms with Gasteiger partial charge in [-0.1, -0.05) is 6.07 Å². The second kappa shape index (κ2) is 8.67. The molecule has 1 aromatic rings. The van der Waals surface area contributed by atoms with Crippen molar-refractivity contribution in [2.24, 2.45) is 0 Å². The zero-order valence-electron chi connectivity index (χ0n) is 13.1. The van der Waals surface area contributed by atoms with E-state index in [0.29, 0.717) is 11.3 Å². The number of benzene rings is 1. The summed E-state index contributed by atoms with van der Waals surface area (Å²) >= 11 is 0. The van der Waals surface area contributed by atoms with E-state index in [9.17, 15) is 9.59 Å². The molecule has 118 valence electrons. The van der Waals surface area contributed by atoms with Crippen molar-refractivity contribution in [1.82, 2.24) is 0 Å². The molecule has 0 amide bonds. The zero-order chi connectivity index (χ0) is 16.5. The van der Waals surface area contributed by atoms with Crippen LogP contribution in [0.3, 0.4) is 0 Å². The molecule has 22 heavy (non-hydrogen) atoms. The smallest absolute Gasteiger partial charge is 0.325 e. The highest BCUT2D eigenvalue weighted by molar-refractivity contribution is 5.82. The third-order valence-electron chi connectivity index (χ3n) is 2.93. The molecule has 0 unspecified atom stereocenters. The van der Waals surface area contributed by atoms with E-state index in [1.54, 1.807) is 36.9 Å². The Hall–Kier alpha value is -2.55. The van der Waals surface area contributed by atoms with Crippen molar-refractivity contribution in [3.8, 4) is 6.07 Å².